The Labute approximate surface area is 195 Å². The van der Waals surface area contributed by atoms with Crippen LogP contribution in [0.1, 0.15) is 5.56 Å². The maximum atomic E-state index is 13.4. The molecule has 0 fully saturated rings. The SMILES string of the molecule is O=C(NCCN(C(=O)Nc1ccc(Cl)c(Cl)c1)c1ccc(F)cc1)NCc1ccccc1. The lowest BCUT2D eigenvalue weighted by molar-refractivity contribution is 0.240. The van der Waals surface area contributed by atoms with Gasteiger partial charge in [0.2, 0.25) is 0 Å². The van der Waals surface area contributed by atoms with Crippen LogP contribution in [0.3, 0.4) is 0 Å². The van der Waals surface area contributed by atoms with E-state index in [1.165, 1.54) is 35.2 Å². The second-order valence-corrected chi connectivity index (χ2v) is 7.60. The van der Waals surface area contributed by atoms with E-state index in [0.717, 1.165) is 5.56 Å². The van der Waals surface area contributed by atoms with Crippen molar-refractivity contribution in [2.75, 3.05) is 23.3 Å². The van der Waals surface area contributed by atoms with Gasteiger partial charge < -0.3 is 16.0 Å². The highest BCUT2D eigenvalue weighted by molar-refractivity contribution is 6.42. The summed E-state index contributed by atoms with van der Waals surface area (Å²) >= 11 is 11.9. The zero-order valence-electron chi connectivity index (χ0n) is 16.9. The number of hydrogen-bond donors (Lipinski definition) is 3. The summed E-state index contributed by atoms with van der Waals surface area (Å²) in [6, 6.07) is 18.9. The zero-order chi connectivity index (χ0) is 22.9. The van der Waals surface area contributed by atoms with Gasteiger partial charge in [0.1, 0.15) is 5.82 Å². The van der Waals surface area contributed by atoms with Crippen LogP contribution >= 0.6 is 23.2 Å². The van der Waals surface area contributed by atoms with Crippen molar-refractivity contribution in [3.63, 3.8) is 0 Å². The van der Waals surface area contributed by atoms with Crippen LogP contribution in [-0.2, 0) is 6.54 Å². The van der Waals surface area contributed by atoms with E-state index in [2.05, 4.69) is 16.0 Å². The smallest absolute Gasteiger partial charge is 0.326 e. The number of hydrogen-bond acceptors (Lipinski definition) is 2. The second kappa shape index (κ2) is 11.4. The first-order valence-electron chi connectivity index (χ1n) is 9.77. The van der Waals surface area contributed by atoms with Crippen LogP contribution < -0.4 is 20.9 Å². The Morgan fingerprint density at radius 3 is 2.28 bits per heavy atom. The van der Waals surface area contributed by atoms with Gasteiger partial charge in [0, 0.05) is 31.0 Å². The summed E-state index contributed by atoms with van der Waals surface area (Å²) in [4.78, 5) is 26.4. The number of halogens is 3. The summed E-state index contributed by atoms with van der Waals surface area (Å²) in [5.41, 5.74) is 1.89. The number of anilines is 2. The Kier molecular flexibility index (Phi) is 8.30. The first kappa shape index (κ1) is 23.4. The lowest BCUT2D eigenvalue weighted by Gasteiger charge is -2.23. The van der Waals surface area contributed by atoms with Crippen LogP contribution in [0.4, 0.5) is 25.4 Å². The monoisotopic (exact) mass is 474 g/mol. The minimum Gasteiger partial charge on any atom is -0.336 e. The van der Waals surface area contributed by atoms with Gasteiger partial charge in [-0.1, -0.05) is 53.5 Å². The van der Waals surface area contributed by atoms with Crippen molar-refractivity contribution in [1.29, 1.82) is 0 Å². The highest BCUT2D eigenvalue weighted by Crippen LogP contribution is 2.25. The molecule has 0 radical (unpaired) electrons. The zero-order valence-corrected chi connectivity index (χ0v) is 18.5. The first-order valence-corrected chi connectivity index (χ1v) is 10.5. The lowest BCUT2D eigenvalue weighted by Crippen LogP contribution is -2.43. The number of nitrogens with zero attached hydrogens (tertiary/aromatic N) is 1. The van der Waals surface area contributed by atoms with Crippen LogP contribution in [0, 0.1) is 5.82 Å². The normalized spacial score (nSPS) is 10.3. The molecular formula is C23H21Cl2FN4O2. The third-order valence-corrected chi connectivity index (χ3v) is 5.21. The van der Waals surface area contributed by atoms with Crippen molar-refractivity contribution >= 4 is 46.6 Å². The minimum absolute atomic E-state index is 0.150. The molecule has 3 aromatic rings. The maximum absolute atomic E-state index is 13.4. The number of carbonyl (C=O) groups excluding carboxylic acids is 2. The topological polar surface area (TPSA) is 73.5 Å². The molecule has 32 heavy (non-hydrogen) atoms. The van der Waals surface area contributed by atoms with E-state index in [4.69, 9.17) is 23.2 Å². The molecule has 6 nitrogen and oxygen atoms in total. The van der Waals surface area contributed by atoms with Gasteiger partial charge in [-0.25, -0.2) is 14.0 Å². The molecule has 0 aliphatic rings. The predicted molar refractivity (Wildman–Crippen MR) is 126 cm³/mol. The third-order valence-electron chi connectivity index (χ3n) is 4.47. The maximum Gasteiger partial charge on any atom is 0.326 e. The standard InChI is InChI=1S/C23H21Cl2FN4O2/c24-20-11-8-18(14-21(20)25)29-23(32)30(19-9-6-17(26)7-10-19)13-12-27-22(31)28-15-16-4-2-1-3-5-16/h1-11,14H,12-13,15H2,(H,29,32)(H2,27,28,31). The van der Waals surface area contributed by atoms with Gasteiger partial charge in [-0.3, -0.25) is 4.90 Å². The number of urea groups is 2. The van der Waals surface area contributed by atoms with Gasteiger partial charge in [-0.2, -0.15) is 0 Å². The molecule has 9 heteroatoms. The van der Waals surface area contributed by atoms with Crippen LogP contribution in [0.2, 0.25) is 10.0 Å². The summed E-state index contributed by atoms with van der Waals surface area (Å²) in [7, 11) is 0. The molecule has 0 aromatic heterocycles. The summed E-state index contributed by atoms with van der Waals surface area (Å²) < 4.78 is 13.4. The second-order valence-electron chi connectivity index (χ2n) is 6.78. The highest BCUT2D eigenvalue weighted by atomic mass is 35.5. The minimum atomic E-state index is -0.471. The largest absolute Gasteiger partial charge is 0.336 e. The third kappa shape index (κ3) is 6.87. The molecule has 0 aliphatic carbocycles. The molecule has 0 bridgehead atoms. The summed E-state index contributed by atoms with van der Waals surface area (Å²) in [6.45, 7) is 0.705. The predicted octanol–water partition coefficient (Wildman–Crippen LogP) is 5.67. The fourth-order valence-corrected chi connectivity index (χ4v) is 3.15. The van der Waals surface area contributed by atoms with E-state index in [1.54, 1.807) is 12.1 Å². The van der Waals surface area contributed by atoms with Crippen LogP contribution in [0.5, 0.6) is 0 Å². The number of carbonyl (C=O) groups is 2. The molecule has 0 unspecified atom stereocenters. The Morgan fingerprint density at radius 1 is 0.875 bits per heavy atom. The Balaban J connectivity index is 1.61. The number of rotatable bonds is 7. The Bertz CT molecular complexity index is 1070. The van der Waals surface area contributed by atoms with E-state index in [1.807, 2.05) is 30.3 Å². The number of amides is 4. The van der Waals surface area contributed by atoms with Crippen molar-refractivity contribution in [1.82, 2.24) is 10.6 Å². The molecule has 3 rings (SSSR count). The van der Waals surface area contributed by atoms with Gasteiger partial charge >= 0.3 is 12.1 Å². The summed E-state index contributed by atoms with van der Waals surface area (Å²) in [5.74, 6) is -0.419. The molecule has 0 saturated heterocycles. The summed E-state index contributed by atoms with van der Waals surface area (Å²) in [5, 5.41) is 8.87. The Morgan fingerprint density at radius 2 is 1.59 bits per heavy atom. The van der Waals surface area contributed by atoms with Crippen LogP contribution in [0.25, 0.3) is 0 Å². The first-order chi connectivity index (χ1) is 15.4. The lowest BCUT2D eigenvalue weighted by atomic mass is 10.2. The van der Waals surface area contributed by atoms with Crippen molar-refractivity contribution in [2.45, 2.75) is 6.54 Å². The van der Waals surface area contributed by atoms with Gasteiger partial charge in [0.25, 0.3) is 0 Å². The van der Waals surface area contributed by atoms with Gasteiger partial charge in [0.15, 0.2) is 0 Å². The average molecular weight is 475 g/mol. The van der Waals surface area contributed by atoms with Gasteiger partial charge in [-0.15, -0.1) is 0 Å². The fraction of sp³-hybridized carbons (Fsp3) is 0.130. The van der Waals surface area contributed by atoms with Crippen molar-refractivity contribution < 1.29 is 14.0 Å². The van der Waals surface area contributed by atoms with E-state index < -0.39 is 11.8 Å². The van der Waals surface area contributed by atoms with Gasteiger partial charge in [0.05, 0.1) is 10.0 Å². The molecule has 166 valence electrons. The number of nitrogens with one attached hydrogen (secondary N) is 3. The molecule has 0 aliphatic heterocycles. The van der Waals surface area contributed by atoms with E-state index >= 15 is 0 Å². The molecule has 4 amide bonds. The molecule has 0 saturated carbocycles. The fourth-order valence-electron chi connectivity index (χ4n) is 2.86. The van der Waals surface area contributed by atoms with Crippen molar-refractivity contribution in [3.8, 4) is 0 Å². The van der Waals surface area contributed by atoms with E-state index in [9.17, 15) is 14.0 Å². The van der Waals surface area contributed by atoms with Gasteiger partial charge in [-0.05, 0) is 48.0 Å². The van der Waals surface area contributed by atoms with Crippen LogP contribution in [0.15, 0.2) is 72.8 Å². The van der Waals surface area contributed by atoms with Crippen LogP contribution in [-0.4, -0.2) is 25.2 Å². The molecular weight excluding hydrogens is 454 g/mol. The van der Waals surface area contributed by atoms with Crippen molar-refractivity contribution in [3.05, 3.63) is 94.2 Å². The molecule has 0 atom stereocenters. The van der Waals surface area contributed by atoms with E-state index in [-0.39, 0.29) is 19.1 Å². The van der Waals surface area contributed by atoms with Crippen molar-refractivity contribution in [2.24, 2.45) is 0 Å². The molecule has 3 aromatic carbocycles. The Hall–Kier alpha value is -3.29. The molecule has 0 spiro atoms. The molecule has 3 N–H and O–H groups in total. The quantitative estimate of drug-likeness (QED) is 0.412. The van der Waals surface area contributed by atoms with E-state index in [0.29, 0.717) is 28.0 Å². The molecule has 0 heterocycles. The highest BCUT2D eigenvalue weighted by Gasteiger charge is 2.17. The average Bonchev–Trinajstić information content (AvgIpc) is 2.79. The number of benzene rings is 3. The summed E-state index contributed by atoms with van der Waals surface area (Å²) in [6.07, 6.45) is 0.